The van der Waals surface area contributed by atoms with E-state index >= 15 is 0 Å². The molecule has 2 N–H and O–H groups in total. The van der Waals surface area contributed by atoms with Gasteiger partial charge in [0.05, 0.1) is 0 Å². The van der Waals surface area contributed by atoms with Gasteiger partial charge in [-0.05, 0) is 71.3 Å². The van der Waals surface area contributed by atoms with Crippen molar-refractivity contribution in [3.05, 3.63) is 58.4 Å². The number of nitrogens with zero attached hydrogens (tertiary/aromatic N) is 1. The van der Waals surface area contributed by atoms with E-state index in [0.717, 1.165) is 19.4 Å². The monoisotopic (exact) mass is 284 g/mol. The highest BCUT2D eigenvalue weighted by Gasteiger charge is 2.04. The zero-order valence-corrected chi connectivity index (χ0v) is 12.6. The van der Waals surface area contributed by atoms with Gasteiger partial charge in [-0.1, -0.05) is 6.07 Å². The summed E-state index contributed by atoms with van der Waals surface area (Å²) in [6, 6.07) is 11.3. The van der Waals surface area contributed by atoms with Crippen LogP contribution in [0.4, 0.5) is 0 Å². The van der Waals surface area contributed by atoms with Crippen molar-refractivity contribution in [2.45, 2.75) is 32.4 Å². The Balaban J connectivity index is 1.79. The van der Waals surface area contributed by atoms with Crippen LogP contribution < -0.4 is 5.73 Å². The van der Waals surface area contributed by atoms with Gasteiger partial charge in [0.2, 0.25) is 0 Å². The highest BCUT2D eigenvalue weighted by Crippen LogP contribution is 2.19. The molecule has 0 saturated carbocycles. The fourth-order valence-electron chi connectivity index (χ4n) is 2.63. The second kappa shape index (κ2) is 5.81. The van der Waals surface area contributed by atoms with Gasteiger partial charge in [-0.25, -0.2) is 0 Å². The van der Waals surface area contributed by atoms with Gasteiger partial charge in [0, 0.05) is 24.3 Å². The highest BCUT2D eigenvalue weighted by atomic mass is 32.1. The molecule has 0 bridgehead atoms. The van der Waals surface area contributed by atoms with Crippen molar-refractivity contribution in [1.82, 2.24) is 4.57 Å². The van der Waals surface area contributed by atoms with Crippen LogP contribution in [0.25, 0.3) is 10.9 Å². The topological polar surface area (TPSA) is 30.9 Å². The summed E-state index contributed by atoms with van der Waals surface area (Å²) in [4.78, 5) is 0. The molecular weight excluding hydrogens is 264 g/mol. The van der Waals surface area contributed by atoms with E-state index in [1.54, 1.807) is 11.3 Å². The van der Waals surface area contributed by atoms with Gasteiger partial charge >= 0.3 is 0 Å². The van der Waals surface area contributed by atoms with Crippen molar-refractivity contribution in [2.75, 3.05) is 0 Å². The number of hydrogen-bond acceptors (Lipinski definition) is 2. The summed E-state index contributed by atoms with van der Waals surface area (Å²) in [6.45, 7) is 3.09. The Morgan fingerprint density at radius 2 is 2.10 bits per heavy atom. The van der Waals surface area contributed by atoms with E-state index in [9.17, 15) is 0 Å². The molecule has 0 spiro atoms. The Labute approximate surface area is 123 Å². The first-order chi connectivity index (χ1) is 9.72. The largest absolute Gasteiger partial charge is 0.347 e. The first kappa shape index (κ1) is 13.4. The summed E-state index contributed by atoms with van der Waals surface area (Å²) in [7, 11) is 0. The van der Waals surface area contributed by atoms with Crippen LogP contribution in [0.15, 0.2) is 47.3 Å². The van der Waals surface area contributed by atoms with Crippen molar-refractivity contribution >= 4 is 22.2 Å². The lowest BCUT2D eigenvalue weighted by Crippen LogP contribution is -2.17. The molecule has 0 radical (unpaired) electrons. The van der Waals surface area contributed by atoms with E-state index in [1.807, 2.05) is 0 Å². The number of rotatable bonds is 5. The lowest BCUT2D eigenvalue weighted by molar-refractivity contribution is 0.723. The fourth-order valence-corrected chi connectivity index (χ4v) is 3.33. The molecule has 0 aliphatic rings. The van der Waals surface area contributed by atoms with Crippen LogP contribution in [0.3, 0.4) is 0 Å². The number of aryl methyl sites for hydroxylation is 2. The third kappa shape index (κ3) is 2.94. The average Bonchev–Trinajstić information content (AvgIpc) is 3.04. The van der Waals surface area contributed by atoms with Crippen molar-refractivity contribution in [1.29, 1.82) is 0 Å². The Morgan fingerprint density at radius 1 is 1.20 bits per heavy atom. The minimum Gasteiger partial charge on any atom is -0.347 e. The highest BCUT2D eigenvalue weighted by molar-refractivity contribution is 7.07. The van der Waals surface area contributed by atoms with Gasteiger partial charge in [0.1, 0.15) is 0 Å². The number of fused-ring (bicyclic) bond motifs is 1. The van der Waals surface area contributed by atoms with Crippen molar-refractivity contribution < 1.29 is 0 Å². The SMILES string of the molecule is CC(N)Cc1ccc2c(ccn2CCc2ccsc2)c1. The van der Waals surface area contributed by atoms with Crippen LogP contribution in [0.5, 0.6) is 0 Å². The fraction of sp³-hybridized carbons (Fsp3) is 0.294. The van der Waals surface area contributed by atoms with Crippen LogP contribution in [0.2, 0.25) is 0 Å². The van der Waals surface area contributed by atoms with Crippen molar-refractivity contribution in [3.8, 4) is 0 Å². The molecule has 1 atom stereocenters. The predicted molar refractivity (Wildman–Crippen MR) is 87.3 cm³/mol. The minimum atomic E-state index is 0.216. The van der Waals surface area contributed by atoms with Gasteiger partial charge < -0.3 is 10.3 Å². The molecule has 0 aliphatic heterocycles. The Morgan fingerprint density at radius 3 is 2.85 bits per heavy atom. The Bertz CT molecular complexity index is 680. The van der Waals surface area contributed by atoms with Crippen LogP contribution in [0, 0.1) is 0 Å². The minimum absolute atomic E-state index is 0.216. The van der Waals surface area contributed by atoms with Crippen LogP contribution >= 0.6 is 11.3 Å². The van der Waals surface area contributed by atoms with Crippen LogP contribution in [-0.2, 0) is 19.4 Å². The molecule has 104 valence electrons. The molecule has 1 aromatic carbocycles. The quantitative estimate of drug-likeness (QED) is 0.758. The zero-order chi connectivity index (χ0) is 13.9. The molecule has 0 fully saturated rings. The molecule has 0 saturated heterocycles. The summed E-state index contributed by atoms with van der Waals surface area (Å²) >= 11 is 1.77. The molecule has 20 heavy (non-hydrogen) atoms. The number of hydrogen-bond donors (Lipinski definition) is 1. The molecule has 2 nitrogen and oxygen atoms in total. The van der Waals surface area contributed by atoms with Gasteiger partial charge in [-0.15, -0.1) is 0 Å². The third-order valence-electron chi connectivity index (χ3n) is 3.61. The maximum atomic E-state index is 5.87. The molecule has 3 rings (SSSR count). The van der Waals surface area contributed by atoms with E-state index in [1.165, 1.54) is 22.0 Å². The van der Waals surface area contributed by atoms with E-state index in [2.05, 4.69) is 58.8 Å². The normalized spacial score (nSPS) is 12.9. The molecule has 2 heterocycles. The summed E-state index contributed by atoms with van der Waals surface area (Å²) < 4.78 is 2.34. The van der Waals surface area contributed by atoms with Gasteiger partial charge in [-0.2, -0.15) is 11.3 Å². The van der Waals surface area contributed by atoms with E-state index in [-0.39, 0.29) is 6.04 Å². The molecule has 0 aliphatic carbocycles. The molecular formula is C17H20N2S. The second-order valence-corrected chi connectivity index (χ2v) is 6.25. The van der Waals surface area contributed by atoms with Crippen LogP contribution in [0.1, 0.15) is 18.1 Å². The zero-order valence-electron chi connectivity index (χ0n) is 11.8. The lowest BCUT2D eigenvalue weighted by Gasteiger charge is -2.07. The van der Waals surface area contributed by atoms with Crippen LogP contribution in [-0.4, -0.2) is 10.6 Å². The summed E-state index contributed by atoms with van der Waals surface area (Å²) in [5.41, 5.74) is 9.93. The molecule has 0 amide bonds. The number of aromatic nitrogens is 1. The third-order valence-corrected chi connectivity index (χ3v) is 4.35. The molecule has 1 unspecified atom stereocenters. The van der Waals surface area contributed by atoms with E-state index in [0.29, 0.717) is 0 Å². The average molecular weight is 284 g/mol. The maximum Gasteiger partial charge on any atom is 0.0480 e. The van der Waals surface area contributed by atoms with Gasteiger partial charge in [-0.3, -0.25) is 0 Å². The number of nitrogens with two attached hydrogens (primary N) is 1. The number of thiophene rings is 1. The van der Waals surface area contributed by atoms with Gasteiger partial charge in [0.15, 0.2) is 0 Å². The van der Waals surface area contributed by atoms with Crippen molar-refractivity contribution in [2.24, 2.45) is 5.73 Å². The smallest absolute Gasteiger partial charge is 0.0480 e. The second-order valence-electron chi connectivity index (χ2n) is 5.47. The van der Waals surface area contributed by atoms with E-state index in [4.69, 9.17) is 5.73 Å². The maximum absolute atomic E-state index is 5.87. The standard InChI is InChI=1S/C17H20N2S/c1-13(18)10-15-2-3-17-16(11-15)5-8-19(17)7-4-14-6-9-20-12-14/h2-3,5-6,8-9,11-13H,4,7,10,18H2,1H3. The summed E-state index contributed by atoms with van der Waals surface area (Å²) in [5, 5.41) is 5.68. The summed E-state index contributed by atoms with van der Waals surface area (Å²) in [5.74, 6) is 0. The van der Waals surface area contributed by atoms with E-state index < -0.39 is 0 Å². The number of benzene rings is 1. The predicted octanol–water partition coefficient (Wildman–Crippen LogP) is 3.84. The summed E-state index contributed by atoms with van der Waals surface area (Å²) in [6.07, 6.45) is 4.22. The first-order valence-corrected chi connectivity index (χ1v) is 8.01. The lowest BCUT2D eigenvalue weighted by atomic mass is 10.1. The Hall–Kier alpha value is -1.58. The first-order valence-electron chi connectivity index (χ1n) is 7.07. The molecule has 2 aromatic heterocycles. The molecule has 3 heteroatoms. The van der Waals surface area contributed by atoms with Gasteiger partial charge in [0.25, 0.3) is 0 Å². The Kier molecular flexibility index (Phi) is 3.90. The molecule has 3 aromatic rings. The van der Waals surface area contributed by atoms with Crippen molar-refractivity contribution in [3.63, 3.8) is 0 Å².